The lowest BCUT2D eigenvalue weighted by Crippen LogP contribution is -2.47. The molecule has 0 saturated carbocycles. The number of nitrogens with one attached hydrogen (secondary N) is 1. The zero-order chi connectivity index (χ0) is 16.8. The first kappa shape index (κ1) is 22.3. The van der Waals surface area contributed by atoms with Crippen LogP contribution in [0.4, 0.5) is 5.69 Å². The van der Waals surface area contributed by atoms with Crippen LogP contribution in [0.25, 0.3) is 0 Å². The van der Waals surface area contributed by atoms with E-state index in [0.29, 0.717) is 6.42 Å². The standard InChI is InChI=1S/C20H25N3O.2ClH/c21-18-10-8-16(9-11-18)13-20(24)22-19-7-4-12-23(15-19)14-17-5-2-1-3-6-17;;/h1-3,5-6,8-11,19H,4,7,12-15,21H2,(H,22,24);2*1H. The van der Waals surface area contributed by atoms with Crippen molar-refractivity contribution >= 4 is 36.4 Å². The molecule has 0 aromatic heterocycles. The highest BCUT2D eigenvalue weighted by molar-refractivity contribution is 5.85. The molecule has 6 heteroatoms. The lowest BCUT2D eigenvalue weighted by molar-refractivity contribution is -0.121. The highest BCUT2D eigenvalue weighted by Crippen LogP contribution is 2.14. The number of hydrogen-bond donors (Lipinski definition) is 2. The largest absolute Gasteiger partial charge is 0.399 e. The molecule has 2 aromatic rings. The number of benzene rings is 2. The predicted octanol–water partition coefficient (Wildman–Crippen LogP) is 3.44. The van der Waals surface area contributed by atoms with Gasteiger partial charge in [0.05, 0.1) is 6.42 Å². The maximum atomic E-state index is 12.3. The molecule has 1 aliphatic heterocycles. The summed E-state index contributed by atoms with van der Waals surface area (Å²) in [7, 11) is 0. The summed E-state index contributed by atoms with van der Waals surface area (Å²) >= 11 is 0. The molecule has 1 atom stereocenters. The molecule has 0 aliphatic carbocycles. The van der Waals surface area contributed by atoms with Crippen molar-refractivity contribution in [3.8, 4) is 0 Å². The molecule has 3 N–H and O–H groups in total. The van der Waals surface area contributed by atoms with Crippen LogP contribution in [0.1, 0.15) is 24.0 Å². The average Bonchev–Trinajstić information content (AvgIpc) is 2.58. The zero-order valence-electron chi connectivity index (χ0n) is 14.8. The number of carbonyl (C=O) groups is 1. The molecule has 1 amide bonds. The summed E-state index contributed by atoms with van der Waals surface area (Å²) in [6.07, 6.45) is 2.59. The second-order valence-corrected chi connectivity index (χ2v) is 6.55. The van der Waals surface area contributed by atoms with Crippen molar-refractivity contribution in [3.63, 3.8) is 0 Å². The second kappa shape index (κ2) is 11.1. The van der Waals surface area contributed by atoms with Gasteiger partial charge in [-0.2, -0.15) is 0 Å². The second-order valence-electron chi connectivity index (χ2n) is 6.55. The van der Waals surface area contributed by atoms with Gasteiger partial charge in [-0.25, -0.2) is 0 Å². The number of hydrogen-bond acceptors (Lipinski definition) is 3. The Morgan fingerprint density at radius 3 is 2.42 bits per heavy atom. The van der Waals surface area contributed by atoms with E-state index in [-0.39, 0.29) is 36.8 Å². The summed E-state index contributed by atoms with van der Waals surface area (Å²) in [5.74, 6) is 0.0892. The first-order valence-corrected chi connectivity index (χ1v) is 8.59. The third-order valence-electron chi connectivity index (χ3n) is 4.46. The number of piperidine rings is 1. The van der Waals surface area contributed by atoms with Gasteiger partial charge >= 0.3 is 0 Å². The van der Waals surface area contributed by atoms with Crippen LogP contribution in [0.3, 0.4) is 0 Å². The van der Waals surface area contributed by atoms with Gasteiger partial charge in [-0.1, -0.05) is 42.5 Å². The first-order chi connectivity index (χ1) is 11.7. The normalized spacial score (nSPS) is 16.8. The average molecular weight is 396 g/mol. The number of nitrogen functional groups attached to an aromatic ring is 1. The van der Waals surface area contributed by atoms with E-state index in [2.05, 4.69) is 34.5 Å². The van der Waals surface area contributed by atoms with Gasteiger partial charge < -0.3 is 11.1 Å². The molecule has 1 fully saturated rings. The van der Waals surface area contributed by atoms with Gasteiger partial charge in [-0.3, -0.25) is 9.69 Å². The van der Waals surface area contributed by atoms with Crippen molar-refractivity contribution in [1.29, 1.82) is 0 Å². The van der Waals surface area contributed by atoms with E-state index in [9.17, 15) is 4.79 Å². The van der Waals surface area contributed by atoms with Gasteiger partial charge in [0.2, 0.25) is 5.91 Å². The van der Waals surface area contributed by atoms with Crippen LogP contribution >= 0.6 is 24.8 Å². The van der Waals surface area contributed by atoms with Crippen LogP contribution in [-0.4, -0.2) is 29.9 Å². The molecule has 3 rings (SSSR count). The summed E-state index contributed by atoms with van der Waals surface area (Å²) in [6, 6.07) is 18.2. The van der Waals surface area contributed by atoms with Crippen molar-refractivity contribution < 1.29 is 4.79 Å². The fraction of sp³-hybridized carbons (Fsp3) is 0.350. The van der Waals surface area contributed by atoms with Gasteiger partial charge in [0, 0.05) is 24.8 Å². The van der Waals surface area contributed by atoms with Gasteiger partial charge in [0.15, 0.2) is 0 Å². The smallest absolute Gasteiger partial charge is 0.224 e. The third-order valence-corrected chi connectivity index (χ3v) is 4.46. The fourth-order valence-corrected chi connectivity index (χ4v) is 3.26. The van der Waals surface area contributed by atoms with Crippen LogP contribution in [0, 0.1) is 0 Å². The highest BCUT2D eigenvalue weighted by Gasteiger charge is 2.21. The minimum atomic E-state index is 0. The van der Waals surface area contributed by atoms with Crippen LogP contribution in [0.15, 0.2) is 54.6 Å². The Morgan fingerprint density at radius 1 is 1.04 bits per heavy atom. The number of likely N-dealkylation sites (tertiary alicyclic amines) is 1. The van der Waals surface area contributed by atoms with Crippen LogP contribution in [0.2, 0.25) is 0 Å². The SMILES string of the molecule is Cl.Cl.Nc1ccc(CC(=O)NC2CCCN(Cc3ccccc3)C2)cc1. The molecular weight excluding hydrogens is 369 g/mol. The lowest BCUT2D eigenvalue weighted by atomic mass is 10.0. The molecule has 142 valence electrons. The Kier molecular flexibility index (Phi) is 9.49. The molecule has 1 saturated heterocycles. The molecule has 2 aromatic carbocycles. The van der Waals surface area contributed by atoms with Crippen molar-refractivity contribution in [2.75, 3.05) is 18.8 Å². The zero-order valence-corrected chi connectivity index (χ0v) is 16.4. The Morgan fingerprint density at radius 2 is 1.73 bits per heavy atom. The number of halogens is 2. The summed E-state index contributed by atoms with van der Waals surface area (Å²) in [4.78, 5) is 14.7. The van der Waals surface area contributed by atoms with E-state index in [1.807, 2.05) is 30.3 Å². The molecule has 1 unspecified atom stereocenters. The molecule has 0 bridgehead atoms. The summed E-state index contributed by atoms with van der Waals surface area (Å²) in [5.41, 5.74) is 8.73. The number of carbonyl (C=O) groups excluding carboxylic acids is 1. The van der Waals surface area contributed by atoms with Crippen LogP contribution < -0.4 is 11.1 Å². The minimum absolute atomic E-state index is 0. The van der Waals surface area contributed by atoms with Crippen molar-refractivity contribution in [3.05, 3.63) is 65.7 Å². The molecule has 26 heavy (non-hydrogen) atoms. The minimum Gasteiger partial charge on any atom is -0.399 e. The van der Waals surface area contributed by atoms with Crippen molar-refractivity contribution in [1.82, 2.24) is 10.2 Å². The number of rotatable bonds is 5. The summed E-state index contributed by atoms with van der Waals surface area (Å²) in [6.45, 7) is 2.97. The molecule has 0 spiro atoms. The van der Waals surface area contributed by atoms with E-state index < -0.39 is 0 Å². The Bertz CT molecular complexity index is 665. The number of nitrogens with two attached hydrogens (primary N) is 1. The molecule has 1 aliphatic rings. The monoisotopic (exact) mass is 395 g/mol. The number of anilines is 1. The molecule has 4 nitrogen and oxygen atoms in total. The number of nitrogens with zero attached hydrogens (tertiary/aromatic N) is 1. The van der Waals surface area contributed by atoms with E-state index >= 15 is 0 Å². The molecule has 1 heterocycles. The molecule has 0 radical (unpaired) electrons. The number of amides is 1. The van der Waals surface area contributed by atoms with E-state index in [1.54, 1.807) is 0 Å². The van der Waals surface area contributed by atoms with Crippen LogP contribution in [0.5, 0.6) is 0 Å². The Labute approximate surface area is 168 Å². The van der Waals surface area contributed by atoms with E-state index in [4.69, 9.17) is 5.73 Å². The van der Waals surface area contributed by atoms with Gasteiger partial charge in [0.25, 0.3) is 0 Å². The van der Waals surface area contributed by atoms with Gasteiger partial charge in [-0.05, 0) is 42.6 Å². The maximum Gasteiger partial charge on any atom is 0.224 e. The third kappa shape index (κ3) is 6.87. The van der Waals surface area contributed by atoms with E-state index in [0.717, 1.165) is 43.7 Å². The van der Waals surface area contributed by atoms with Crippen LogP contribution in [-0.2, 0) is 17.8 Å². The quantitative estimate of drug-likeness (QED) is 0.762. The Balaban J connectivity index is 0.00000169. The van der Waals surface area contributed by atoms with Gasteiger partial charge in [0.1, 0.15) is 0 Å². The molecular formula is C20H27Cl2N3O. The fourth-order valence-electron chi connectivity index (χ4n) is 3.26. The summed E-state index contributed by atoms with van der Waals surface area (Å²) in [5, 5.41) is 3.19. The van der Waals surface area contributed by atoms with Crippen molar-refractivity contribution in [2.24, 2.45) is 0 Å². The van der Waals surface area contributed by atoms with Gasteiger partial charge in [-0.15, -0.1) is 24.8 Å². The van der Waals surface area contributed by atoms with Crippen molar-refractivity contribution in [2.45, 2.75) is 31.8 Å². The highest BCUT2D eigenvalue weighted by atomic mass is 35.5. The first-order valence-electron chi connectivity index (χ1n) is 8.59. The Hall–Kier alpha value is -1.75. The lowest BCUT2D eigenvalue weighted by Gasteiger charge is -2.33. The van der Waals surface area contributed by atoms with E-state index in [1.165, 1.54) is 5.56 Å². The summed E-state index contributed by atoms with van der Waals surface area (Å²) < 4.78 is 0. The topological polar surface area (TPSA) is 58.4 Å². The predicted molar refractivity (Wildman–Crippen MR) is 112 cm³/mol. The maximum absolute atomic E-state index is 12.3.